The zero-order valence-electron chi connectivity index (χ0n) is 7.10. The quantitative estimate of drug-likeness (QED) is 0.629. The zero-order valence-corrected chi connectivity index (χ0v) is 8.62. The Morgan fingerprint density at radius 3 is 2.45 bits per heavy atom. The van der Waals surface area contributed by atoms with Crippen molar-refractivity contribution in [1.82, 2.24) is 0 Å². The van der Waals surface area contributed by atoms with E-state index in [4.69, 9.17) is 27.9 Å². The monoisotopic (exact) mass is 196 g/mol. The molecule has 11 heavy (non-hydrogen) atoms. The molecule has 0 rings (SSSR count). The van der Waals surface area contributed by atoms with E-state index in [1.807, 2.05) is 19.9 Å². The summed E-state index contributed by atoms with van der Waals surface area (Å²) in [7, 11) is 1.61. The van der Waals surface area contributed by atoms with Crippen LogP contribution in [-0.4, -0.2) is 19.1 Å². The van der Waals surface area contributed by atoms with Gasteiger partial charge in [-0.2, -0.15) is 0 Å². The third-order valence-corrected chi connectivity index (χ3v) is 2.12. The number of rotatable bonds is 4. The summed E-state index contributed by atoms with van der Waals surface area (Å²) in [6.07, 6.45) is 1.82. The molecule has 1 unspecified atom stereocenters. The Bertz CT molecular complexity index is 132. The molecule has 1 nitrogen and oxygen atoms in total. The van der Waals surface area contributed by atoms with Crippen LogP contribution in [0.1, 0.15) is 13.8 Å². The normalized spacial score (nSPS) is 15.6. The van der Waals surface area contributed by atoms with Crippen molar-refractivity contribution in [3.63, 3.8) is 0 Å². The maximum Gasteiger partial charge on any atom is 0.0816 e. The molecule has 0 aliphatic carbocycles. The van der Waals surface area contributed by atoms with Gasteiger partial charge in [-0.05, 0) is 12.0 Å². The summed E-state index contributed by atoms with van der Waals surface area (Å²) in [5.41, 5.74) is 0. The molecule has 0 radical (unpaired) electrons. The summed E-state index contributed by atoms with van der Waals surface area (Å²) in [6, 6.07) is 0. The van der Waals surface area contributed by atoms with Gasteiger partial charge in [0.05, 0.1) is 12.0 Å². The van der Waals surface area contributed by atoms with Crippen LogP contribution in [0.3, 0.4) is 0 Å². The summed E-state index contributed by atoms with van der Waals surface area (Å²) in [5, 5.41) is 0.666. The maximum atomic E-state index is 5.93. The van der Waals surface area contributed by atoms with Gasteiger partial charge in [0.1, 0.15) is 0 Å². The van der Waals surface area contributed by atoms with Crippen molar-refractivity contribution in [3.05, 3.63) is 11.1 Å². The molecule has 0 fully saturated rings. The molecule has 0 saturated carbocycles. The van der Waals surface area contributed by atoms with Crippen LogP contribution in [0.4, 0.5) is 0 Å². The fourth-order valence-corrected chi connectivity index (χ4v) is 1.01. The number of methoxy groups -OCH3 is 1. The van der Waals surface area contributed by atoms with Gasteiger partial charge >= 0.3 is 0 Å². The van der Waals surface area contributed by atoms with Crippen LogP contribution in [0.25, 0.3) is 0 Å². The van der Waals surface area contributed by atoms with Gasteiger partial charge in [0.2, 0.25) is 0 Å². The molecule has 0 N–H and O–H groups in total. The van der Waals surface area contributed by atoms with E-state index >= 15 is 0 Å². The molecule has 0 saturated heterocycles. The number of allylic oxidation sites excluding steroid dienone is 1. The van der Waals surface area contributed by atoms with Gasteiger partial charge in [0.25, 0.3) is 0 Å². The summed E-state index contributed by atoms with van der Waals surface area (Å²) in [6.45, 7) is 4.54. The van der Waals surface area contributed by atoms with Crippen molar-refractivity contribution in [2.45, 2.75) is 19.2 Å². The highest BCUT2D eigenvalue weighted by Crippen LogP contribution is 2.14. The van der Waals surface area contributed by atoms with E-state index < -0.39 is 0 Å². The van der Waals surface area contributed by atoms with E-state index in [0.29, 0.717) is 17.6 Å². The minimum atomic E-state index is -0.00218. The Hall–Kier alpha value is 0.280. The Labute approximate surface area is 78.3 Å². The molecule has 0 aromatic carbocycles. The van der Waals surface area contributed by atoms with Crippen LogP contribution in [0.2, 0.25) is 0 Å². The smallest absolute Gasteiger partial charge is 0.0816 e. The van der Waals surface area contributed by atoms with Crippen molar-refractivity contribution in [2.75, 3.05) is 13.7 Å². The number of halogens is 2. The average molecular weight is 197 g/mol. The summed E-state index contributed by atoms with van der Waals surface area (Å²) >= 11 is 11.7. The molecule has 0 heterocycles. The predicted molar refractivity (Wildman–Crippen MR) is 50.3 cm³/mol. The highest BCUT2D eigenvalue weighted by molar-refractivity contribution is 6.31. The van der Waals surface area contributed by atoms with E-state index in [0.717, 1.165) is 0 Å². The van der Waals surface area contributed by atoms with E-state index in [1.165, 1.54) is 0 Å². The molecule has 1 atom stereocenters. The SMILES string of the molecule is COC/C(Cl)=C\C(Cl)C(C)C. The molecule has 0 bridgehead atoms. The number of alkyl halides is 1. The molecule has 0 amide bonds. The van der Waals surface area contributed by atoms with E-state index in [2.05, 4.69) is 0 Å². The summed E-state index contributed by atoms with van der Waals surface area (Å²) < 4.78 is 4.83. The molecule has 0 aliphatic rings. The Morgan fingerprint density at radius 1 is 1.55 bits per heavy atom. The predicted octanol–water partition coefficient (Wildman–Crippen LogP) is 3.02. The number of hydrogen-bond acceptors (Lipinski definition) is 1. The molecular formula is C8H14Cl2O. The Balaban J connectivity index is 3.86. The van der Waals surface area contributed by atoms with Gasteiger partial charge in [-0.3, -0.25) is 0 Å². The lowest BCUT2D eigenvalue weighted by molar-refractivity contribution is 0.230. The molecule has 0 aromatic rings. The largest absolute Gasteiger partial charge is 0.379 e. The lowest BCUT2D eigenvalue weighted by Crippen LogP contribution is -2.05. The fraction of sp³-hybridized carbons (Fsp3) is 0.750. The standard InChI is InChI=1S/C8H14Cl2O/c1-6(2)8(10)4-7(9)5-11-3/h4,6,8H,5H2,1-3H3/b7-4+. The molecule has 3 heteroatoms. The first-order valence-corrected chi connectivity index (χ1v) is 4.38. The van der Waals surface area contributed by atoms with Gasteiger partial charge in [-0.15, -0.1) is 11.6 Å². The third-order valence-electron chi connectivity index (χ3n) is 1.26. The first kappa shape index (κ1) is 11.3. The lowest BCUT2D eigenvalue weighted by atomic mass is 10.1. The number of ether oxygens (including phenoxy) is 1. The van der Waals surface area contributed by atoms with Gasteiger partial charge in [0, 0.05) is 12.1 Å². The second-order valence-electron chi connectivity index (χ2n) is 2.73. The van der Waals surface area contributed by atoms with Crippen LogP contribution >= 0.6 is 23.2 Å². The van der Waals surface area contributed by atoms with Crippen LogP contribution < -0.4 is 0 Å². The zero-order chi connectivity index (χ0) is 8.85. The molecule has 0 aromatic heterocycles. The first-order valence-electron chi connectivity index (χ1n) is 3.57. The number of hydrogen-bond donors (Lipinski definition) is 0. The lowest BCUT2D eigenvalue weighted by Gasteiger charge is -2.08. The molecule has 0 aliphatic heterocycles. The van der Waals surface area contributed by atoms with Crippen molar-refractivity contribution in [2.24, 2.45) is 5.92 Å². The summed E-state index contributed by atoms with van der Waals surface area (Å²) in [5.74, 6) is 0.405. The Morgan fingerprint density at radius 2 is 2.09 bits per heavy atom. The second kappa shape index (κ2) is 5.87. The van der Waals surface area contributed by atoms with Crippen LogP contribution in [-0.2, 0) is 4.74 Å². The molecule has 66 valence electrons. The van der Waals surface area contributed by atoms with Crippen molar-refractivity contribution in [1.29, 1.82) is 0 Å². The highest BCUT2D eigenvalue weighted by atomic mass is 35.5. The van der Waals surface area contributed by atoms with Crippen molar-refractivity contribution < 1.29 is 4.74 Å². The average Bonchev–Trinajstić information content (AvgIpc) is 1.87. The topological polar surface area (TPSA) is 9.23 Å². The maximum absolute atomic E-state index is 5.93. The van der Waals surface area contributed by atoms with Gasteiger partial charge in [-0.25, -0.2) is 0 Å². The van der Waals surface area contributed by atoms with Crippen LogP contribution in [0, 0.1) is 5.92 Å². The van der Waals surface area contributed by atoms with E-state index in [1.54, 1.807) is 7.11 Å². The minimum Gasteiger partial charge on any atom is -0.379 e. The van der Waals surface area contributed by atoms with Gasteiger partial charge < -0.3 is 4.74 Å². The summed E-state index contributed by atoms with van der Waals surface area (Å²) in [4.78, 5) is 0. The van der Waals surface area contributed by atoms with Gasteiger partial charge in [0.15, 0.2) is 0 Å². The van der Waals surface area contributed by atoms with Crippen molar-refractivity contribution >= 4 is 23.2 Å². The van der Waals surface area contributed by atoms with Crippen molar-refractivity contribution in [3.8, 4) is 0 Å². The van der Waals surface area contributed by atoms with Gasteiger partial charge in [-0.1, -0.05) is 25.4 Å². The third kappa shape index (κ3) is 5.54. The molecular weight excluding hydrogens is 183 g/mol. The molecule has 0 spiro atoms. The highest BCUT2D eigenvalue weighted by Gasteiger charge is 2.06. The minimum absolute atomic E-state index is 0.00218. The van der Waals surface area contributed by atoms with E-state index in [9.17, 15) is 0 Å². The van der Waals surface area contributed by atoms with Crippen LogP contribution in [0.5, 0.6) is 0 Å². The fourth-order valence-electron chi connectivity index (χ4n) is 0.551. The van der Waals surface area contributed by atoms with Crippen LogP contribution in [0.15, 0.2) is 11.1 Å². The Kier molecular flexibility index (Phi) is 6.02. The first-order chi connectivity index (χ1) is 5.07. The van der Waals surface area contributed by atoms with E-state index in [-0.39, 0.29) is 5.38 Å². The second-order valence-corrected chi connectivity index (χ2v) is 3.72.